The molecule has 0 amide bonds. The minimum atomic E-state index is -0.385. The number of hydrogen-bond acceptors (Lipinski definition) is 8. The van der Waals surface area contributed by atoms with Crippen molar-refractivity contribution in [1.82, 2.24) is 34.5 Å². The van der Waals surface area contributed by atoms with E-state index in [1.807, 2.05) is 36.9 Å². The lowest BCUT2D eigenvalue weighted by Gasteiger charge is -2.11. The van der Waals surface area contributed by atoms with E-state index in [-0.39, 0.29) is 5.97 Å². The third-order valence-corrected chi connectivity index (χ3v) is 6.39. The van der Waals surface area contributed by atoms with E-state index < -0.39 is 0 Å². The highest BCUT2D eigenvalue weighted by Gasteiger charge is 2.26. The fourth-order valence-corrected chi connectivity index (χ4v) is 4.29. The topological polar surface area (TPSA) is 113 Å². The number of anilines is 2. The molecule has 1 N–H and O–H groups in total. The molecular formula is C26H30N8O2. The Morgan fingerprint density at radius 3 is 2.61 bits per heavy atom. The van der Waals surface area contributed by atoms with Crippen molar-refractivity contribution >= 4 is 17.6 Å². The monoisotopic (exact) mass is 486 g/mol. The molecular weight excluding hydrogens is 456 g/mol. The average Bonchev–Trinajstić information content (AvgIpc) is 3.56. The van der Waals surface area contributed by atoms with Crippen molar-refractivity contribution in [3.8, 4) is 17.1 Å². The summed E-state index contributed by atoms with van der Waals surface area (Å²) < 4.78 is 8.88. The molecule has 4 heterocycles. The number of nitrogens with one attached hydrogen (secondary N) is 1. The predicted octanol–water partition coefficient (Wildman–Crippen LogP) is 4.48. The van der Waals surface area contributed by atoms with Crippen LogP contribution < -0.4 is 5.32 Å². The van der Waals surface area contributed by atoms with Crippen LogP contribution in [0.25, 0.3) is 17.1 Å². The predicted molar refractivity (Wildman–Crippen MR) is 136 cm³/mol. The summed E-state index contributed by atoms with van der Waals surface area (Å²) in [6, 6.07) is 5.86. The highest BCUT2D eigenvalue weighted by molar-refractivity contribution is 5.92. The van der Waals surface area contributed by atoms with Crippen molar-refractivity contribution in [1.29, 1.82) is 0 Å². The highest BCUT2D eigenvalue weighted by atomic mass is 16.5. The van der Waals surface area contributed by atoms with Crippen molar-refractivity contribution in [2.24, 2.45) is 5.92 Å². The Morgan fingerprint density at radius 1 is 1.11 bits per heavy atom. The lowest BCUT2D eigenvalue weighted by Crippen LogP contribution is -2.10. The Kier molecular flexibility index (Phi) is 6.26. The van der Waals surface area contributed by atoms with Crippen LogP contribution in [0.15, 0.2) is 30.7 Å². The van der Waals surface area contributed by atoms with Gasteiger partial charge in [0.1, 0.15) is 23.5 Å². The minimum absolute atomic E-state index is 0.305. The average molecular weight is 487 g/mol. The van der Waals surface area contributed by atoms with Crippen LogP contribution in [0, 0.1) is 33.6 Å². The zero-order chi connectivity index (χ0) is 25.4. The van der Waals surface area contributed by atoms with Crippen molar-refractivity contribution in [3.63, 3.8) is 0 Å². The summed E-state index contributed by atoms with van der Waals surface area (Å²) >= 11 is 0. The number of nitrogens with zero attached hydrogens (tertiary/aromatic N) is 7. The van der Waals surface area contributed by atoms with Gasteiger partial charge in [-0.2, -0.15) is 10.2 Å². The van der Waals surface area contributed by atoms with Gasteiger partial charge in [0, 0.05) is 35.6 Å². The van der Waals surface area contributed by atoms with Gasteiger partial charge in [0.2, 0.25) is 0 Å². The number of pyridine rings is 1. The molecule has 0 saturated heterocycles. The van der Waals surface area contributed by atoms with Gasteiger partial charge in [0.05, 0.1) is 23.7 Å². The molecule has 1 saturated carbocycles. The molecule has 4 aromatic rings. The van der Waals surface area contributed by atoms with Gasteiger partial charge in [-0.3, -0.25) is 4.98 Å². The Bertz CT molecular complexity index is 1420. The summed E-state index contributed by atoms with van der Waals surface area (Å²) in [6.07, 6.45) is 5.79. The summed E-state index contributed by atoms with van der Waals surface area (Å²) in [4.78, 5) is 25.7. The number of carbonyl (C=O) groups excluding carboxylic acids is 1. The maximum Gasteiger partial charge on any atom is 0.341 e. The summed E-state index contributed by atoms with van der Waals surface area (Å²) in [5.41, 5.74) is 5.59. The summed E-state index contributed by atoms with van der Waals surface area (Å²) in [5, 5.41) is 12.9. The molecule has 186 valence electrons. The minimum Gasteiger partial charge on any atom is -0.462 e. The number of ether oxygens (including phenoxy) is 1. The maximum absolute atomic E-state index is 12.4. The summed E-state index contributed by atoms with van der Waals surface area (Å²) in [5.74, 6) is 2.31. The van der Waals surface area contributed by atoms with Crippen molar-refractivity contribution in [3.05, 3.63) is 58.9 Å². The van der Waals surface area contributed by atoms with E-state index in [1.165, 1.54) is 19.2 Å². The first kappa shape index (κ1) is 23.7. The molecule has 0 bridgehead atoms. The molecule has 0 atom stereocenters. The van der Waals surface area contributed by atoms with Crippen molar-refractivity contribution < 1.29 is 9.53 Å². The largest absolute Gasteiger partial charge is 0.462 e. The number of rotatable bonds is 8. The third-order valence-electron chi connectivity index (χ3n) is 6.39. The van der Waals surface area contributed by atoms with E-state index in [0.29, 0.717) is 41.1 Å². The first-order valence-corrected chi connectivity index (χ1v) is 12.2. The Balaban J connectivity index is 1.49. The molecule has 4 aromatic heterocycles. The van der Waals surface area contributed by atoms with E-state index in [0.717, 1.165) is 34.9 Å². The van der Waals surface area contributed by atoms with Gasteiger partial charge >= 0.3 is 5.97 Å². The van der Waals surface area contributed by atoms with E-state index in [9.17, 15) is 4.79 Å². The second-order valence-electron chi connectivity index (χ2n) is 9.20. The lowest BCUT2D eigenvalue weighted by atomic mass is 10.1. The molecule has 0 unspecified atom stereocenters. The van der Waals surface area contributed by atoms with Crippen molar-refractivity contribution in [2.75, 3.05) is 11.9 Å². The number of aromatic nitrogens is 7. The Morgan fingerprint density at radius 2 is 1.92 bits per heavy atom. The normalized spacial score (nSPS) is 13.1. The zero-order valence-corrected chi connectivity index (χ0v) is 21.2. The van der Waals surface area contributed by atoms with Gasteiger partial charge in [-0.05, 0) is 65.5 Å². The van der Waals surface area contributed by atoms with Gasteiger partial charge in [-0.25, -0.2) is 24.1 Å². The van der Waals surface area contributed by atoms with Crippen LogP contribution in [-0.2, 0) is 11.3 Å². The van der Waals surface area contributed by atoms with E-state index in [4.69, 9.17) is 9.84 Å². The van der Waals surface area contributed by atoms with E-state index >= 15 is 0 Å². The van der Waals surface area contributed by atoms with Gasteiger partial charge in [-0.15, -0.1) is 0 Å². The van der Waals surface area contributed by atoms with Gasteiger partial charge in [-0.1, -0.05) is 0 Å². The molecule has 0 radical (unpaired) electrons. The van der Waals surface area contributed by atoms with Crippen LogP contribution in [0.2, 0.25) is 0 Å². The fourth-order valence-electron chi connectivity index (χ4n) is 4.29. The quantitative estimate of drug-likeness (QED) is 0.363. The second kappa shape index (κ2) is 9.52. The van der Waals surface area contributed by atoms with Gasteiger partial charge in [0.25, 0.3) is 0 Å². The van der Waals surface area contributed by atoms with Crippen LogP contribution in [0.3, 0.4) is 0 Å². The first-order chi connectivity index (χ1) is 17.4. The highest BCUT2D eigenvalue weighted by Crippen LogP contribution is 2.35. The second-order valence-corrected chi connectivity index (χ2v) is 9.20. The summed E-state index contributed by atoms with van der Waals surface area (Å²) in [6.45, 7) is 10.6. The van der Waals surface area contributed by atoms with Crippen LogP contribution in [0.5, 0.6) is 0 Å². The standard InChI is InChI=1S/C26H30N8O2/c1-6-36-26(35)23-17(4)31-34(18(23)5)22-11-21(28-14-29-22)30-25-16(3)24(20-10-7-15(2)27-12-20)32-33(25)13-19-8-9-19/h7,10-12,14,19H,6,8-9,13H2,1-5H3,(H,28,29,30). The van der Waals surface area contributed by atoms with Crippen LogP contribution in [0.4, 0.5) is 11.6 Å². The van der Waals surface area contributed by atoms with Crippen LogP contribution in [0.1, 0.15) is 52.8 Å². The molecule has 10 nitrogen and oxygen atoms in total. The molecule has 0 aromatic carbocycles. The molecule has 1 fully saturated rings. The molecule has 1 aliphatic carbocycles. The number of carbonyl (C=O) groups is 1. The lowest BCUT2D eigenvalue weighted by molar-refractivity contribution is 0.0524. The SMILES string of the molecule is CCOC(=O)c1c(C)nn(-c2cc(Nc3c(C)c(-c4ccc(C)nc4)nn3CC3CC3)ncn2)c1C. The number of aryl methyl sites for hydroxylation is 2. The number of hydrogen-bond donors (Lipinski definition) is 1. The summed E-state index contributed by atoms with van der Waals surface area (Å²) in [7, 11) is 0. The molecule has 1 aliphatic rings. The maximum atomic E-state index is 12.4. The smallest absolute Gasteiger partial charge is 0.341 e. The van der Waals surface area contributed by atoms with E-state index in [1.54, 1.807) is 18.5 Å². The van der Waals surface area contributed by atoms with Crippen LogP contribution >= 0.6 is 0 Å². The van der Waals surface area contributed by atoms with Gasteiger partial charge < -0.3 is 10.1 Å². The van der Waals surface area contributed by atoms with Crippen molar-refractivity contribution in [2.45, 2.75) is 54.0 Å². The molecule has 0 aliphatic heterocycles. The Labute approximate surface area is 209 Å². The molecule has 10 heteroatoms. The van der Waals surface area contributed by atoms with Gasteiger partial charge in [0.15, 0.2) is 5.82 Å². The molecule has 36 heavy (non-hydrogen) atoms. The fraction of sp³-hybridized carbons (Fsp3) is 0.385. The van der Waals surface area contributed by atoms with Crippen LogP contribution in [-0.4, -0.2) is 47.1 Å². The third kappa shape index (κ3) is 4.58. The number of esters is 1. The zero-order valence-electron chi connectivity index (χ0n) is 21.2. The Hall–Kier alpha value is -4.08. The molecule has 0 spiro atoms. The first-order valence-electron chi connectivity index (χ1n) is 12.2. The van der Waals surface area contributed by atoms with E-state index in [2.05, 4.69) is 38.4 Å². The molecule has 5 rings (SSSR count).